The molecule has 35 heavy (non-hydrogen) atoms. The van der Waals surface area contributed by atoms with E-state index in [1.807, 2.05) is 0 Å². The van der Waals surface area contributed by atoms with E-state index in [4.69, 9.17) is 23.2 Å². The summed E-state index contributed by atoms with van der Waals surface area (Å²) in [4.78, 5) is 32.7. The molecule has 3 heterocycles. The topological polar surface area (TPSA) is 121 Å². The number of benzene rings is 1. The number of nitrogens with zero attached hydrogens (tertiary/aromatic N) is 7. The molecule has 0 saturated heterocycles. The van der Waals surface area contributed by atoms with E-state index >= 15 is 0 Å². The Kier molecular flexibility index (Phi) is 6.74. The number of aliphatic hydroxyl groups is 1. The quantitative estimate of drug-likeness (QED) is 0.366. The van der Waals surface area contributed by atoms with Gasteiger partial charge in [-0.05, 0) is 48.0 Å². The summed E-state index contributed by atoms with van der Waals surface area (Å²) in [6, 6.07) is 8.87. The van der Waals surface area contributed by atoms with Gasteiger partial charge in [0.1, 0.15) is 12.9 Å². The summed E-state index contributed by atoms with van der Waals surface area (Å²) in [5.74, 6) is 0.0304. The van der Waals surface area contributed by atoms with Crippen molar-refractivity contribution < 1.29 is 23.1 Å². The summed E-state index contributed by atoms with van der Waals surface area (Å²) >= 11 is 11.4. The third-order valence-electron chi connectivity index (χ3n) is 4.80. The highest BCUT2D eigenvalue weighted by Crippen LogP contribution is 2.24. The molecule has 1 unspecified atom stereocenters. The largest absolute Gasteiger partial charge is 0.416 e. The maximum atomic E-state index is 13.0. The zero-order valence-electron chi connectivity index (χ0n) is 17.4. The van der Waals surface area contributed by atoms with Crippen molar-refractivity contribution in [1.82, 2.24) is 34.1 Å². The molecule has 182 valence electrons. The summed E-state index contributed by atoms with van der Waals surface area (Å²) in [5, 5.41) is 17.5. The van der Waals surface area contributed by atoms with Crippen molar-refractivity contribution in [2.75, 3.05) is 0 Å². The normalized spacial score (nSPS) is 12.6. The first kappa shape index (κ1) is 24.6. The number of alkyl halides is 3. The Bertz CT molecular complexity index is 1430. The number of rotatable bonds is 7. The van der Waals surface area contributed by atoms with Crippen LogP contribution in [0.2, 0.25) is 5.02 Å². The van der Waals surface area contributed by atoms with Gasteiger partial charge >= 0.3 is 11.9 Å². The zero-order valence-corrected chi connectivity index (χ0v) is 18.9. The van der Waals surface area contributed by atoms with Crippen molar-refractivity contribution in [3.63, 3.8) is 0 Å². The smallest absolute Gasteiger partial charge is 0.382 e. The average molecular weight is 528 g/mol. The Morgan fingerprint density at radius 2 is 1.83 bits per heavy atom. The summed E-state index contributed by atoms with van der Waals surface area (Å²) in [6.07, 6.45) is -5.09. The van der Waals surface area contributed by atoms with Crippen molar-refractivity contribution in [3.05, 3.63) is 75.8 Å². The molecule has 0 amide bonds. The monoisotopic (exact) mass is 527 g/mol. The van der Waals surface area contributed by atoms with Crippen molar-refractivity contribution in [3.8, 4) is 17.2 Å². The van der Waals surface area contributed by atoms with Crippen LogP contribution in [0.5, 0.6) is 0 Å². The summed E-state index contributed by atoms with van der Waals surface area (Å²) in [7, 11) is 0. The molecule has 3 aromatic heterocycles. The van der Waals surface area contributed by atoms with E-state index in [-0.39, 0.29) is 29.6 Å². The number of hydrogen-bond acceptors (Lipinski definition) is 7. The summed E-state index contributed by atoms with van der Waals surface area (Å²) in [6.45, 7) is -1.39. The Hall–Kier alpha value is -3.55. The maximum absolute atomic E-state index is 13.0. The Balaban J connectivity index is 1.71. The van der Waals surface area contributed by atoms with Crippen molar-refractivity contribution >= 4 is 28.4 Å². The molecule has 0 fully saturated rings. The van der Waals surface area contributed by atoms with E-state index in [2.05, 4.69) is 20.2 Å². The van der Waals surface area contributed by atoms with Gasteiger partial charge in [0.25, 0.3) is 5.24 Å². The molecule has 0 spiro atoms. The number of halogens is 5. The van der Waals surface area contributed by atoms with Gasteiger partial charge in [-0.25, -0.2) is 24.1 Å². The second-order valence-corrected chi connectivity index (χ2v) is 7.97. The van der Waals surface area contributed by atoms with Gasteiger partial charge < -0.3 is 5.11 Å². The van der Waals surface area contributed by atoms with E-state index in [1.54, 1.807) is 0 Å². The molecule has 0 bridgehead atoms. The first-order valence-corrected chi connectivity index (χ1v) is 10.5. The molecular weight excluding hydrogens is 514 g/mol. The Morgan fingerprint density at radius 1 is 1.11 bits per heavy atom. The fourth-order valence-electron chi connectivity index (χ4n) is 3.14. The number of hydrogen-bond donors (Lipinski definition) is 1. The van der Waals surface area contributed by atoms with Gasteiger partial charge in [0.15, 0.2) is 23.6 Å². The van der Waals surface area contributed by atoms with E-state index in [0.717, 1.165) is 4.68 Å². The molecule has 15 heteroatoms. The van der Waals surface area contributed by atoms with E-state index in [0.29, 0.717) is 15.2 Å². The van der Waals surface area contributed by atoms with Crippen molar-refractivity contribution in [1.29, 1.82) is 0 Å². The average Bonchev–Trinajstić information content (AvgIpc) is 3.39. The standard InChI is InChI=1S/C20H14Cl2F3N7O3/c21-12-5-3-11(4-6-12)17-29-31(19(35)30(17)8-14(33)20(23,24)25)9-15-27-10-32(28-15)18-13(16(22)34)2-1-7-26-18/h1-7,10,14,33H,8-9H2. The molecule has 4 aromatic rings. The summed E-state index contributed by atoms with van der Waals surface area (Å²) < 4.78 is 41.7. The Morgan fingerprint density at radius 3 is 2.49 bits per heavy atom. The third-order valence-corrected chi connectivity index (χ3v) is 5.26. The lowest BCUT2D eigenvalue weighted by Gasteiger charge is -2.15. The molecule has 0 aliphatic heterocycles. The molecule has 1 aromatic carbocycles. The van der Waals surface area contributed by atoms with Crippen LogP contribution in [0.1, 0.15) is 16.2 Å². The fraction of sp³-hybridized carbons (Fsp3) is 0.200. The Labute approximate surface area is 204 Å². The minimum atomic E-state index is -4.95. The van der Waals surface area contributed by atoms with Gasteiger partial charge in [0.05, 0.1) is 12.1 Å². The lowest BCUT2D eigenvalue weighted by molar-refractivity contribution is -0.207. The first-order valence-electron chi connectivity index (χ1n) is 9.78. The molecule has 0 saturated carbocycles. The predicted molar refractivity (Wildman–Crippen MR) is 117 cm³/mol. The number of pyridine rings is 1. The van der Waals surface area contributed by atoms with Crippen LogP contribution in [-0.4, -0.2) is 56.7 Å². The van der Waals surface area contributed by atoms with Crippen LogP contribution < -0.4 is 5.69 Å². The lowest BCUT2D eigenvalue weighted by atomic mass is 10.2. The highest BCUT2D eigenvalue weighted by atomic mass is 35.5. The molecule has 0 radical (unpaired) electrons. The van der Waals surface area contributed by atoms with Crippen LogP contribution in [0.15, 0.2) is 53.7 Å². The molecule has 0 aliphatic rings. The lowest BCUT2D eigenvalue weighted by Crippen LogP contribution is -2.37. The number of carbonyl (C=O) groups is 1. The van der Waals surface area contributed by atoms with E-state index < -0.39 is 29.8 Å². The van der Waals surface area contributed by atoms with Gasteiger partial charge in [-0.2, -0.15) is 13.2 Å². The number of aliphatic hydroxyl groups excluding tert-OH is 1. The first-order chi connectivity index (χ1) is 16.5. The van der Waals surface area contributed by atoms with Crippen LogP contribution in [0.4, 0.5) is 13.2 Å². The highest BCUT2D eigenvalue weighted by molar-refractivity contribution is 6.68. The fourth-order valence-corrected chi connectivity index (χ4v) is 3.41. The second-order valence-electron chi connectivity index (χ2n) is 7.19. The highest BCUT2D eigenvalue weighted by Gasteiger charge is 2.39. The number of aromatic nitrogens is 7. The molecule has 0 aliphatic carbocycles. The van der Waals surface area contributed by atoms with Crippen molar-refractivity contribution in [2.24, 2.45) is 0 Å². The molecule has 1 N–H and O–H groups in total. The van der Waals surface area contributed by atoms with Gasteiger partial charge in [0, 0.05) is 16.8 Å². The van der Waals surface area contributed by atoms with Crippen LogP contribution in [0.25, 0.3) is 17.2 Å². The third kappa shape index (κ3) is 5.26. The predicted octanol–water partition coefficient (Wildman–Crippen LogP) is 2.69. The SMILES string of the molecule is O=C(Cl)c1cccnc1-n1cnc(Cn2nc(-c3ccc(Cl)cc3)n(CC(O)C(F)(F)F)c2=O)n1. The second kappa shape index (κ2) is 9.60. The molecule has 4 rings (SSSR count). The molecular formula is C20H14Cl2F3N7O3. The van der Waals surface area contributed by atoms with E-state index in [1.165, 1.54) is 53.6 Å². The minimum absolute atomic E-state index is 0.0504. The minimum Gasteiger partial charge on any atom is -0.382 e. The van der Waals surface area contributed by atoms with Crippen LogP contribution >= 0.6 is 23.2 Å². The molecule has 1 atom stereocenters. The maximum Gasteiger partial charge on any atom is 0.416 e. The van der Waals surface area contributed by atoms with Gasteiger partial charge in [-0.15, -0.1) is 10.2 Å². The molecule has 10 nitrogen and oxygen atoms in total. The summed E-state index contributed by atoms with van der Waals surface area (Å²) in [5.41, 5.74) is -0.556. The van der Waals surface area contributed by atoms with Crippen molar-refractivity contribution in [2.45, 2.75) is 25.4 Å². The van der Waals surface area contributed by atoms with E-state index in [9.17, 15) is 27.9 Å². The van der Waals surface area contributed by atoms with Crippen LogP contribution in [0, 0.1) is 0 Å². The zero-order chi connectivity index (χ0) is 25.3. The van der Waals surface area contributed by atoms with Gasteiger partial charge in [-0.1, -0.05) is 11.6 Å². The van der Waals surface area contributed by atoms with Crippen LogP contribution in [0.3, 0.4) is 0 Å². The number of carbonyl (C=O) groups excluding carboxylic acids is 1. The van der Waals surface area contributed by atoms with Gasteiger partial charge in [0.2, 0.25) is 0 Å². The van der Waals surface area contributed by atoms with Gasteiger partial charge in [-0.3, -0.25) is 9.36 Å². The van der Waals surface area contributed by atoms with Crippen LogP contribution in [-0.2, 0) is 13.1 Å².